The third-order valence-corrected chi connectivity index (χ3v) is 4.40. The molecule has 0 radical (unpaired) electrons. The third-order valence-electron chi connectivity index (χ3n) is 3.71. The van der Waals surface area contributed by atoms with Crippen LogP contribution in [0.2, 0.25) is 0 Å². The number of nitrogens with one attached hydrogen (secondary N) is 1. The minimum absolute atomic E-state index is 0.00161. The zero-order valence-corrected chi connectivity index (χ0v) is 13.1. The number of aliphatic hydroxyl groups excluding tert-OH is 1. The molecular weight excluding hydrogens is 320 g/mol. The number of benzene rings is 1. The van der Waals surface area contributed by atoms with Crippen LogP contribution in [0.5, 0.6) is 0 Å². The van der Waals surface area contributed by atoms with Gasteiger partial charge in [0.05, 0.1) is 12.2 Å². The average molecular weight is 341 g/mol. The second-order valence-electron chi connectivity index (χ2n) is 5.16. The van der Waals surface area contributed by atoms with Gasteiger partial charge in [0.2, 0.25) is 5.91 Å². The van der Waals surface area contributed by atoms with Crippen molar-refractivity contribution in [2.24, 2.45) is 0 Å². The fraction of sp³-hybridized carbons (Fsp3) is 0.533. The maximum absolute atomic E-state index is 12.1. The molecule has 0 spiro atoms. The summed E-state index contributed by atoms with van der Waals surface area (Å²) in [5, 5.41) is 12.0. The second-order valence-corrected chi connectivity index (χ2v) is 6.01. The van der Waals surface area contributed by atoms with Gasteiger partial charge in [-0.15, -0.1) is 0 Å². The summed E-state index contributed by atoms with van der Waals surface area (Å²) in [7, 11) is 0. The number of hydrogen-bond acceptors (Lipinski definition) is 3. The van der Waals surface area contributed by atoms with E-state index in [0.717, 1.165) is 36.0 Å². The summed E-state index contributed by atoms with van der Waals surface area (Å²) in [6.45, 7) is 1.52. The molecule has 1 heterocycles. The first-order valence-electron chi connectivity index (χ1n) is 7.10. The Morgan fingerprint density at radius 2 is 2.20 bits per heavy atom. The van der Waals surface area contributed by atoms with Gasteiger partial charge in [0.25, 0.3) is 0 Å². The molecule has 1 aliphatic heterocycles. The van der Waals surface area contributed by atoms with Crippen molar-refractivity contribution in [3.63, 3.8) is 0 Å². The summed E-state index contributed by atoms with van der Waals surface area (Å²) in [5.74, 6) is 0.00161. The van der Waals surface area contributed by atoms with Crippen LogP contribution in [0, 0.1) is 0 Å². The van der Waals surface area contributed by atoms with Gasteiger partial charge in [-0.1, -0.05) is 18.6 Å². The van der Waals surface area contributed by atoms with E-state index in [1.165, 1.54) is 6.42 Å². The molecular formula is C15H21BrN2O2. The Bertz CT molecular complexity index is 451. The average Bonchev–Trinajstić information content (AvgIpc) is 2.44. The minimum Gasteiger partial charge on any atom is -0.396 e. The summed E-state index contributed by atoms with van der Waals surface area (Å²) in [6, 6.07) is 7.94. The van der Waals surface area contributed by atoms with Crippen LogP contribution in [-0.4, -0.2) is 41.7 Å². The maximum atomic E-state index is 12.1. The van der Waals surface area contributed by atoms with Crippen molar-refractivity contribution in [3.05, 3.63) is 28.7 Å². The number of para-hydroxylation sites is 1. The second kappa shape index (κ2) is 7.76. The lowest BCUT2D eigenvalue weighted by Gasteiger charge is -2.34. The molecule has 0 aliphatic carbocycles. The molecule has 0 aromatic heterocycles. The lowest BCUT2D eigenvalue weighted by atomic mass is 10.00. The van der Waals surface area contributed by atoms with Crippen molar-refractivity contribution in [2.75, 3.05) is 25.0 Å². The first kappa shape index (κ1) is 15.5. The Hall–Kier alpha value is -0.910. The molecule has 1 aromatic rings. The fourth-order valence-electron chi connectivity index (χ4n) is 2.68. The number of amides is 1. The van der Waals surface area contributed by atoms with E-state index in [1.807, 2.05) is 24.3 Å². The summed E-state index contributed by atoms with van der Waals surface area (Å²) < 4.78 is 0.888. The number of carbonyl (C=O) groups excluding carboxylic acids is 1. The summed E-state index contributed by atoms with van der Waals surface area (Å²) in [5.41, 5.74) is 0.799. The van der Waals surface area contributed by atoms with Crippen LogP contribution in [0.1, 0.15) is 25.7 Å². The predicted octanol–water partition coefficient (Wildman–Crippen LogP) is 2.62. The number of aliphatic hydroxyl groups is 1. The molecule has 1 saturated heterocycles. The van der Waals surface area contributed by atoms with Crippen LogP contribution >= 0.6 is 15.9 Å². The molecule has 0 bridgehead atoms. The van der Waals surface area contributed by atoms with Crippen LogP contribution in [0.4, 0.5) is 5.69 Å². The summed E-state index contributed by atoms with van der Waals surface area (Å²) in [6.07, 6.45) is 4.14. The highest BCUT2D eigenvalue weighted by Gasteiger charge is 2.23. The van der Waals surface area contributed by atoms with Gasteiger partial charge in [0.15, 0.2) is 0 Å². The summed E-state index contributed by atoms with van der Waals surface area (Å²) in [4.78, 5) is 14.3. The van der Waals surface area contributed by atoms with E-state index in [2.05, 4.69) is 26.1 Å². The van der Waals surface area contributed by atoms with Crippen LogP contribution in [0.3, 0.4) is 0 Å². The maximum Gasteiger partial charge on any atom is 0.238 e. The van der Waals surface area contributed by atoms with Gasteiger partial charge >= 0.3 is 0 Å². The molecule has 1 amide bonds. The highest BCUT2D eigenvalue weighted by Crippen LogP contribution is 2.22. The van der Waals surface area contributed by atoms with E-state index in [0.29, 0.717) is 12.6 Å². The smallest absolute Gasteiger partial charge is 0.238 e. The van der Waals surface area contributed by atoms with Gasteiger partial charge in [-0.25, -0.2) is 0 Å². The quantitative estimate of drug-likeness (QED) is 0.866. The number of nitrogens with zero attached hydrogens (tertiary/aromatic N) is 1. The Labute approximate surface area is 128 Å². The van der Waals surface area contributed by atoms with E-state index < -0.39 is 0 Å². The number of halogens is 1. The molecule has 110 valence electrons. The Morgan fingerprint density at radius 1 is 1.40 bits per heavy atom. The van der Waals surface area contributed by atoms with Crippen molar-refractivity contribution >= 4 is 27.5 Å². The van der Waals surface area contributed by atoms with Crippen LogP contribution in [0.25, 0.3) is 0 Å². The first-order valence-corrected chi connectivity index (χ1v) is 7.89. The van der Waals surface area contributed by atoms with Gasteiger partial charge in [-0.05, 0) is 53.9 Å². The van der Waals surface area contributed by atoms with Gasteiger partial charge < -0.3 is 10.4 Å². The largest absolute Gasteiger partial charge is 0.396 e. The van der Waals surface area contributed by atoms with E-state index in [-0.39, 0.29) is 12.5 Å². The first-order chi connectivity index (χ1) is 9.70. The van der Waals surface area contributed by atoms with E-state index >= 15 is 0 Å². The summed E-state index contributed by atoms with van der Waals surface area (Å²) >= 11 is 3.43. The minimum atomic E-state index is 0.00161. The molecule has 1 unspecified atom stereocenters. The van der Waals surface area contributed by atoms with Gasteiger partial charge in [-0.3, -0.25) is 9.69 Å². The molecule has 1 aromatic carbocycles. The number of carbonyl (C=O) groups is 1. The Balaban J connectivity index is 1.91. The van der Waals surface area contributed by atoms with Crippen molar-refractivity contribution in [1.29, 1.82) is 0 Å². The molecule has 1 fully saturated rings. The highest BCUT2D eigenvalue weighted by atomic mass is 79.9. The van der Waals surface area contributed by atoms with Crippen molar-refractivity contribution < 1.29 is 9.90 Å². The molecule has 4 nitrogen and oxygen atoms in total. The SMILES string of the molecule is O=C(CN1CCCCC1CCO)Nc1ccccc1Br. The number of rotatable bonds is 5. The molecule has 2 rings (SSSR count). The van der Waals surface area contributed by atoms with Crippen molar-refractivity contribution in [3.8, 4) is 0 Å². The van der Waals surface area contributed by atoms with E-state index in [9.17, 15) is 4.79 Å². The van der Waals surface area contributed by atoms with Gasteiger partial charge in [-0.2, -0.15) is 0 Å². The van der Waals surface area contributed by atoms with Crippen LogP contribution < -0.4 is 5.32 Å². The number of piperidine rings is 1. The highest BCUT2D eigenvalue weighted by molar-refractivity contribution is 9.10. The van der Waals surface area contributed by atoms with Gasteiger partial charge in [0.1, 0.15) is 0 Å². The normalized spacial score (nSPS) is 19.8. The number of likely N-dealkylation sites (tertiary alicyclic amines) is 1. The monoisotopic (exact) mass is 340 g/mol. The molecule has 2 N–H and O–H groups in total. The number of hydrogen-bond donors (Lipinski definition) is 2. The topological polar surface area (TPSA) is 52.6 Å². The Kier molecular flexibility index (Phi) is 6.01. The Morgan fingerprint density at radius 3 is 2.95 bits per heavy atom. The lowest BCUT2D eigenvalue weighted by Crippen LogP contribution is -2.44. The molecule has 0 saturated carbocycles. The lowest BCUT2D eigenvalue weighted by molar-refractivity contribution is -0.118. The van der Waals surface area contributed by atoms with Crippen LogP contribution in [-0.2, 0) is 4.79 Å². The predicted molar refractivity (Wildman–Crippen MR) is 83.7 cm³/mol. The number of anilines is 1. The molecule has 5 heteroatoms. The fourth-order valence-corrected chi connectivity index (χ4v) is 3.06. The van der Waals surface area contributed by atoms with Gasteiger partial charge in [0, 0.05) is 17.1 Å². The molecule has 20 heavy (non-hydrogen) atoms. The standard InChI is InChI=1S/C15H21BrN2O2/c16-13-6-1-2-7-14(13)17-15(20)11-18-9-4-3-5-12(18)8-10-19/h1-2,6-7,12,19H,3-5,8-11H2,(H,17,20). The van der Waals surface area contributed by atoms with E-state index in [1.54, 1.807) is 0 Å². The van der Waals surface area contributed by atoms with Crippen molar-refractivity contribution in [2.45, 2.75) is 31.7 Å². The van der Waals surface area contributed by atoms with Crippen molar-refractivity contribution in [1.82, 2.24) is 4.90 Å². The van der Waals surface area contributed by atoms with Crippen LogP contribution in [0.15, 0.2) is 28.7 Å². The zero-order valence-electron chi connectivity index (χ0n) is 11.5. The zero-order chi connectivity index (χ0) is 14.4. The third kappa shape index (κ3) is 4.30. The molecule has 1 aliphatic rings. The molecule has 1 atom stereocenters. The van der Waals surface area contributed by atoms with E-state index in [4.69, 9.17) is 5.11 Å².